The molecular weight excluding hydrogens is 350 g/mol. The molecule has 0 amide bonds. The van der Waals surface area contributed by atoms with Crippen LogP contribution in [0.5, 0.6) is 5.75 Å². The summed E-state index contributed by atoms with van der Waals surface area (Å²) in [5, 5.41) is 0. The molecule has 142 valence electrons. The van der Waals surface area contributed by atoms with Crippen molar-refractivity contribution in [2.45, 2.75) is 33.8 Å². The van der Waals surface area contributed by atoms with Crippen molar-refractivity contribution in [2.24, 2.45) is 0 Å². The van der Waals surface area contributed by atoms with Crippen LogP contribution in [0.2, 0.25) is 0 Å². The highest BCUT2D eigenvalue weighted by molar-refractivity contribution is 5.60. The molecule has 28 heavy (non-hydrogen) atoms. The number of aryl methyl sites for hydroxylation is 3. The number of nitrogens with zero attached hydrogens (tertiary/aromatic N) is 3. The first-order valence-corrected chi connectivity index (χ1v) is 9.45. The van der Waals surface area contributed by atoms with Crippen LogP contribution in [0.4, 0.5) is 0 Å². The van der Waals surface area contributed by atoms with E-state index in [1.54, 1.807) is 22.9 Å². The lowest BCUT2D eigenvalue weighted by Crippen LogP contribution is -2.16. The van der Waals surface area contributed by atoms with Gasteiger partial charge in [-0.3, -0.25) is 13.8 Å². The number of hydrogen-bond acceptors (Lipinski definition) is 3. The summed E-state index contributed by atoms with van der Waals surface area (Å²) < 4.78 is 9.82. The Labute approximate surface area is 163 Å². The second-order valence-corrected chi connectivity index (χ2v) is 6.86. The molecule has 1 aromatic carbocycles. The van der Waals surface area contributed by atoms with E-state index >= 15 is 0 Å². The van der Waals surface area contributed by atoms with Gasteiger partial charge in [-0.2, -0.15) is 0 Å². The fraction of sp³-hybridized carbons (Fsp3) is 0.217. The van der Waals surface area contributed by atoms with E-state index in [2.05, 4.69) is 24.0 Å². The van der Waals surface area contributed by atoms with E-state index < -0.39 is 0 Å². The van der Waals surface area contributed by atoms with Gasteiger partial charge in [0, 0.05) is 30.2 Å². The third kappa shape index (κ3) is 3.20. The molecular formula is C23H23N3O2. The summed E-state index contributed by atoms with van der Waals surface area (Å²) in [5.41, 5.74) is 5.82. The molecule has 0 spiro atoms. The summed E-state index contributed by atoms with van der Waals surface area (Å²) in [6.45, 7) is 6.59. The lowest BCUT2D eigenvalue weighted by Gasteiger charge is -2.13. The van der Waals surface area contributed by atoms with Gasteiger partial charge in [0.1, 0.15) is 6.61 Å². The van der Waals surface area contributed by atoms with Crippen LogP contribution in [0.25, 0.3) is 11.3 Å². The van der Waals surface area contributed by atoms with Gasteiger partial charge >= 0.3 is 0 Å². The Balaban J connectivity index is 1.81. The number of fused-ring (bicyclic) bond motifs is 1. The molecule has 4 rings (SSSR count). The van der Waals surface area contributed by atoms with E-state index in [1.165, 1.54) is 5.56 Å². The minimum absolute atomic E-state index is 0.0846. The fourth-order valence-electron chi connectivity index (χ4n) is 3.40. The van der Waals surface area contributed by atoms with Crippen molar-refractivity contribution in [3.05, 3.63) is 93.8 Å². The van der Waals surface area contributed by atoms with Crippen LogP contribution < -0.4 is 10.3 Å². The molecule has 0 unspecified atom stereocenters. The molecule has 5 nitrogen and oxygen atoms in total. The Morgan fingerprint density at radius 3 is 2.54 bits per heavy atom. The van der Waals surface area contributed by atoms with Gasteiger partial charge in [0.05, 0.1) is 11.4 Å². The maximum Gasteiger partial charge on any atom is 0.255 e. The first kappa shape index (κ1) is 18.0. The van der Waals surface area contributed by atoms with Gasteiger partial charge in [0.2, 0.25) is 0 Å². The van der Waals surface area contributed by atoms with E-state index in [9.17, 15) is 4.79 Å². The van der Waals surface area contributed by atoms with Crippen molar-refractivity contribution in [1.82, 2.24) is 14.0 Å². The zero-order valence-electron chi connectivity index (χ0n) is 16.3. The predicted octanol–water partition coefficient (Wildman–Crippen LogP) is 4.24. The maximum atomic E-state index is 12.3. The van der Waals surface area contributed by atoms with Crippen molar-refractivity contribution < 1.29 is 4.74 Å². The molecule has 0 aliphatic carbocycles. The van der Waals surface area contributed by atoms with Gasteiger partial charge in [-0.05, 0) is 37.5 Å². The van der Waals surface area contributed by atoms with Gasteiger partial charge in [0.15, 0.2) is 11.4 Å². The molecule has 4 aromatic rings. The second kappa shape index (κ2) is 7.35. The molecule has 0 aliphatic rings. The molecule has 0 fully saturated rings. The van der Waals surface area contributed by atoms with Gasteiger partial charge in [-0.25, -0.2) is 4.98 Å². The summed E-state index contributed by atoms with van der Waals surface area (Å²) >= 11 is 0. The quantitative estimate of drug-likeness (QED) is 0.526. The molecule has 5 heteroatoms. The molecule has 0 aliphatic heterocycles. The van der Waals surface area contributed by atoms with Crippen LogP contribution in [-0.4, -0.2) is 14.0 Å². The largest absolute Gasteiger partial charge is 0.485 e. The Bertz CT molecular complexity index is 1200. The molecule has 0 N–H and O–H groups in total. The van der Waals surface area contributed by atoms with E-state index in [1.807, 2.05) is 48.7 Å². The van der Waals surface area contributed by atoms with E-state index in [4.69, 9.17) is 4.74 Å². The number of benzene rings is 1. The van der Waals surface area contributed by atoms with Crippen LogP contribution in [0.1, 0.15) is 29.4 Å². The molecule has 0 saturated carbocycles. The molecule has 0 bridgehead atoms. The minimum Gasteiger partial charge on any atom is -0.485 e. The van der Waals surface area contributed by atoms with Gasteiger partial charge in [0.25, 0.3) is 5.56 Å². The number of imidazole rings is 1. The molecule has 0 atom stereocenters. The summed E-state index contributed by atoms with van der Waals surface area (Å²) in [4.78, 5) is 17.0. The monoisotopic (exact) mass is 373 g/mol. The first-order chi connectivity index (χ1) is 13.6. The van der Waals surface area contributed by atoms with Crippen molar-refractivity contribution in [1.29, 1.82) is 0 Å². The fourth-order valence-corrected chi connectivity index (χ4v) is 3.40. The maximum absolute atomic E-state index is 12.3. The van der Waals surface area contributed by atoms with E-state index in [0.29, 0.717) is 12.4 Å². The molecule has 3 aromatic heterocycles. The number of rotatable bonds is 5. The highest BCUT2D eigenvalue weighted by Gasteiger charge is 2.14. The Morgan fingerprint density at radius 1 is 1.04 bits per heavy atom. The van der Waals surface area contributed by atoms with Crippen molar-refractivity contribution >= 4 is 5.65 Å². The summed E-state index contributed by atoms with van der Waals surface area (Å²) in [6.07, 6.45) is 4.65. The normalized spacial score (nSPS) is 11.1. The number of pyridine rings is 2. The Morgan fingerprint density at radius 2 is 1.79 bits per heavy atom. The molecule has 0 saturated heterocycles. The highest BCUT2D eigenvalue weighted by Crippen LogP contribution is 2.26. The van der Waals surface area contributed by atoms with Gasteiger partial charge < -0.3 is 4.74 Å². The van der Waals surface area contributed by atoms with E-state index in [0.717, 1.165) is 34.7 Å². The van der Waals surface area contributed by atoms with Gasteiger partial charge in [-0.1, -0.05) is 37.3 Å². The summed E-state index contributed by atoms with van der Waals surface area (Å²) in [6, 6.07) is 15.3. The summed E-state index contributed by atoms with van der Waals surface area (Å²) in [5.74, 6) is 0.662. The SMILES string of the molecule is CCc1ccccc1COc1cc(-n2ccccc2=O)cn2c(C)c(C)nc12. The molecule has 0 radical (unpaired) electrons. The number of hydrogen-bond donors (Lipinski definition) is 0. The Hall–Kier alpha value is -3.34. The van der Waals surface area contributed by atoms with Crippen LogP contribution in [-0.2, 0) is 13.0 Å². The predicted molar refractivity (Wildman–Crippen MR) is 110 cm³/mol. The first-order valence-electron chi connectivity index (χ1n) is 9.45. The smallest absolute Gasteiger partial charge is 0.255 e. The van der Waals surface area contributed by atoms with Crippen LogP contribution in [0.3, 0.4) is 0 Å². The van der Waals surface area contributed by atoms with Crippen LogP contribution >= 0.6 is 0 Å². The number of aromatic nitrogens is 3. The molecule has 3 heterocycles. The second-order valence-electron chi connectivity index (χ2n) is 6.86. The van der Waals surface area contributed by atoms with Gasteiger partial charge in [-0.15, -0.1) is 0 Å². The Kier molecular flexibility index (Phi) is 4.74. The van der Waals surface area contributed by atoms with Crippen LogP contribution in [0.15, 0.2) is 65.7 Å². The highest BCUT2D eigenvalue weighted by atomic mass is 16.5. The third-order valence-corrected chi connectivity index (χ3v) is 5.13. The zero-order chi connectivity index (χ0) is 19.7. The minimum atomic E-state index is -0.0846. The van der Waals surface area contributed by atoms with Crippen molar-refractivity contribution in [2.75, 3.05) is 0 Å². The topological polar surface area (TPSA) is 48.5 Å². The average molecular weight is 373 g/mol. The number of ether oxygens (including phenoxy) is 1. The lowest BCUT2D eigenvalue weighted by molar-refractivity contribution is 0.307. The standard InChI is InChI=1S/C23H23N3O2/c1-4-18-9-5-6-10-19(18)15-28-21-13-20(25-12-8-7-11-22(25)27)14-26-17(3)16(2)24-23(21)26/h5-14H,4,15H2,1-3H3. The third-order valence-electron chi connectivity index (χ3n) is 5.13. The zero-order valence-corrected chi connectivity index (χ0v) is 16.3. The lowest BCUT2D eigenvalue weighted by atomic mass is 10.1. The summed E-state index contributed by atoms with van der Waals surface area (Å²) in [7, 11) is 0. The van der Waals surface area contributed by atoms with Crippen LogP contribution in [0, 0.1) is 13.8 Å². The van der Waals surface area contributed by atoms with Crippen molar-refractivity contribution in [3.63, 3.8) is 0 Å². The average Bonchev–Trinajstić information content (AvgIpc) is 3.01. The van der Waals surface area contributed by atoms with Crippen molar-refractivity contribution in [3.8, 4) is 11.4 Å². The van der Waals surface area contributed by atoms with E-state index in [-0.39, 0.29) is 5.56 Å².